The molecule has 0 spiro atoms. The van der Waals surface area contributed by atoms with Gasteiger partial charge >= 0.3 is 5.97 Å². The number of hydrogen-bond acceptors (Lipinski definition) is 6. The van der Waals surface area contributed by atoms with Crippen LogP contribution in [0.1, 0.15) is 16.1 Å². The number of hydrogen-bond donors (Lipinski definition) is 2. The van der Waals surface area contributed by atoms with Crippen LogP contribution >= 0.6 is 22.9 Å². The van der Waals surface area contributed by atoms with Crippen molar-refractivity contribution in [3.05, 3.63) is 41.7 Å². The van der Waals surface area contributed by atoms with Gasteiger partial charge in [-0.15, -0.1) is 5.10 Å². The third-order valence-corrected chi connectivity index (χ3v) is 3.34. The van der Waals surface area contributed by atoms with Crippen molar-refractivity contribution in [1.29, 1.82) is 0 Å². The lowest BCUT2D eigenvalue weighted by molar-refractivity contribution is -0.142. The zero-order chi connectivity index (χ0) is 16.1. The molecule has 0 saturated carbocycles. The Morgan fingerprint density at radius 1 is 1.41 bits per heavy atom. The van der Waals surface area contributed by atoms with E-state index in [1.807, 2.05) is 22.9 Å². The lowest BCUT2D eigenvalue weighted by Gasteiger charge is -2.15. The minimum atomic E-state index is -0.860. The number of nitrogens with zero attached hydrogens (tertiary/aromatic N) is 3. The number of carbonyl (C=O) groups excluding carboxylic acids is 2. The second-order valence-corrected chi connectivity index (χ2v) is 5.40. The highest BCUT2D eigenvalue weighted by atomic mass is 127. The van der Waals surface area contributed by atoms with Gasteiger partial charge < -0.3 is 15.2 Å². The molecule has 0 bridgehead atoms. The number of carbonyl (C=O) groups is 2. The summed E-state index contributed by atoms with van der Waals surface area (Å²) in [5, 5.41) is 19.2. The Morgan fingerprint density at radius 2 is 2.09 bits per heavy atom. The number of aromatic nitrogens is 3. The van der Waals surface area contributed by atoms with Crippen LogP contribution < -0.4 is 5.32 Å². The lowest BCUT2D eigenvalue weighted by Crippen LogP contribution is -2.43. The first-order chi connectivity index (χ1) is 10.5. The first-order valence-corrected chi connectivity index (χ1v) is 7.21. The summed E-state index contributed by atoms with van der Waals surface area (Å²) in [4.78, 5) is 23.9. The molecule has 1 aromatic carbocycles. The molecule has 1 heterocycles. The molecule has 2 rings (SSSR count). The van der Waals surface area contributed by atoms with Crippen LogP contribution in [0.5, 0.6) is 5.75 Å². The zero-order valence-corrected chi connectivity index (χ0v) is 13.7. The van der Waals surface area contributed by atoms with Gasteiger partial charge in [-0.05, 0) is 17.7 Å². The van der Waals surface area contributed by atoms with Crippen molar-refractivity contribution >= 4 is 34.7 Å². The Kier molecular flexibility index (Phi) is 5.31. The predicted molar refractivity (Wildman–Crippen MR) is 84.5 cm³/mol. The predicted octanol–water partition coefficient (Wildman–Crippen LogP) is 0.696. The van der Waals surface area contributed by atoms with Gasteiger partial charge in [-0.2, -0.15) is 2.90 Å². The van der Waals surface area contributed by atoms with Gasteiger partial charge in [0.25, 0.3) is 5.91 Å². The van der Waals surface area contributed by atoms with Gasteiger partial charge in [0.2, 0.25) is 0 Å². The molecule has 8 nitrogen and oxygen atoms in total. The number of phenols is 1. The van der Waals surface area contributed by atoms with Crippen LogP contribution in [0.2, 0.25) is 0 Å². The molecule has 1 amide bonds. The van der Waals surface area contributed by atoms with E-state index in [4.69, 9.17) is 4.74 Å². The first-order valence-electron chi connectivity index (χ1n) is 6.24. The van der Waals surface area contributed by atoms with Gasteiger partial charge in [0.1, 0.15) is 11.8 Å². The fourth-order valence-electron chi connectivity index (χ4n) is 1.78. The molecular formula is C13H13IN4O4. The van der Waals surface area contributed by atoms with E-state index in [9.17, 15) is 14.7 Å². The van der Waals surface area contributed by atoms with Gasteiger partial charge in [-0.25, -0.2) is 4.79 Å². The van der Waals surface area contributed by atoms with Crippen LogP contribution in [0.25, 0.3) is 0 Å². The number of ether oxygens (including phenoxy) is 1. The van der Waals surface area contributed by atoms with Crippen LogP contribution in [0.4, 0.5) is 0 Å². The summed E-state index contributed by atoms with van der Waals surface area (Å²) in [5.41, 5.74) is 0.875. The maximum absolute atomic E-state index is 12.1. The van der Waals surface area contributed by atoms with Crippen molar-refractivity contribution in [1.82, 2.24) is 18.5 Å². The maximum atomic E-state index is 12.1. The highest BCUT2D eigenvalue weighted by molar-refractivity contribution is 14.1. The number of nitrogens with one attached hydrogen (secondary N) is 1. The minimum Gasteiger partial charge on any atom is -0.508 e. The number of phenolic OH excluding ortho intramolecular Hbond substituents is 1. The summed E-state index contributed by atoms with van der Waals surface area (Å²) >= 11 is 1.86. The SMILES string of the molecule is COC(=O)C(Cc1ccc(O)cc1)NC(=O)c1cn(I)nn1. The smallest absolute Gasteiger partial charge is 0.328 e. The van der Waals surface area contributed by atoms with E-state index < -0.39 is 17.9 Å². The van der Waals surface area contributed by atoms with E-state index in [0.717, 1.165) is 5.56 Å². The molecule has 22 heavy (non-hydrogen) atoms. The second-order valence-electron chi connectivity index (χ2n) is 4.41. The quantitative estimate of drug-likeness (QED) is 0.549. The van der Waals surface area contributed by atoms with Crippen molar-refractivity contribution in [2.24, 2.45) is 0 Å². The van der Waals surface area contributed by atoms with Gasteiger partial charge in [-0.1, -0.05) is 17.3 Å². The molecule has 0 aliphatic rings. The van der Waals surface area contributed by atoms with Crippen molar-refractivity contribution in [3.63, 3.8) is 0 Å². The van der Waals surface area contributed by atoms with Gasteiger partial charge in [-0.3, -0.25) is 4.79 Å². The Labute approximate surface area is 140 Å². The lowest BCUT2D eigenvalue weighted by atomic mass is 10.1. The number of halogens is 1. The van der Waals surface area contributed by atoms with Crippen LogP contribution in [-0.2, 0) is 16.0 Å². The fourth-order valence-corrected chi connectivity index (χ4v) is 2.14. The molecule has 1 aromatic heterocycles. The highest BCUT2D eigenvalue weighted by Gasteiger charge is 2.23. The Morgan fingerprint density at radius 3 is 2.64 bits per heavy atom. The second kappa shape index (κ2) is 7.20. The first kappa shape index (κ1) is 16.2. The van der Waals surface area contributed by atoms with Gasteiger partial charge in [0.05, 0.1) is 36.2 Å². The van der Waals surface area contributed by atoms with Gasteiger partial charge in [0.15, 0.2) is 5.69 Å². The van der Waals surface area contributed by atoms with Crippen LogP contribution in [-0.4, -0.2) is 43.3 Å². The number of benzene rings is 1. The molecule has 1 unspecified atom stereocenters. The number of esters is 1. The molecule has 9 heteroatoms. The summed E-state index contributed by atoms with van der Waals surface area (Å²) in [6, 6.07) is 5.48. The molecule has 116 valence electrons. The third-order valence-electron chi connectivity index (χ3n) is 2.87. The molecule has 0 aliphatic heterocycles. The number of amides is 1. The van der Waals surface area contributed by atoms with Crippen molar-refractivity contribution in [2.75, 3.05) is 7.11 Å². The normalized spacial score (nSPS) is 11.7. The van der Waals surface area contributed by atoms with Crippen molar-refractivity contribution in [3.8, 4) is 5.75 Å². The molecule has 2 N–H and O–H groups in total. The Bertz CT molecular complexity index is 671. The topological polar surface area (TPSA) is 106 Å². The van der Waals surface area contributed by atoms with Crippen molar-refractivity contribution < 1.29 is 19.4 Å². The van der Waals surface area contributed by atoms with E-state index in [-0.39, 0.29) is 17.9 Å². The Balaban J connectivity index is 2.10. The molecule has 1 atom stereocenters. The molecule has 2 aromatic rings. The molecule has 0 aliphatic carbocycles. The average Bonchev–Trinajstić information content (AvgIpc) is 2.94. The molecule has 0 fully saturated rings. The van der Waals surface area contributed by atoms with Crippen molar-refractivity contribution in [2.45, 2.75) is 12.5 Å². The number of aromatic hydroxyl groups is 1. The summed E-state index contributed by atoms with van der Waals surface area (Å²) < 4.78 is 6.07. The zero-order valence-electron chi connectivity index (χ0n) is 11.6. The largest absolute Gasteiger partial charge is 0.508 e. The van der Waals surface area contributed by atoms with Crippen LogP contribution in [0.15, 0.2) is 30.5 Å². The van der Waals surface area contributed by atoms with E-state index in [1.54, 1.807) is 12.1 Å². The van der Waals surface area contributed by atoms with E-state index >= 15 is 0 Å². The van der Waals surface area contributed by atoms with E-state index in [1.165, 1.54) is 28.3 Å². The summed E-state index contributed by atoms with van der Waals surface area (Å²) in [5.74, 6) is -0.957. The third kappa shape index (κ3) is 4.16. The van der Waals surface area contributed by atoms with Gasteiger partial charge in [0, 0.05) is 6.42 Å². The standard InChI is InChI=1S/C13H13IN4O4/c1-22-13(21)10(6-8-2-4-9(19)5-3-8)15-12(20)11-7-18(14)17-16-11/h2-5,7,10,19H,6H2,1H3,(H,15,20). The summed E-state index contributed by atoms with van der Waals surface area (Å²) in [6.45, 7) is 0. The number of rotatable bonds is 5. The molecular weight excluding hydrogens is 403 g/mol. The maximum Gasteiger partial charge on any atom is 0.328 e. The summed E-state index contributed by atoms with van der Waals surface area (Å²) in [7, 11) is 1.25. The average molecular weight is 416 g/mol. The summed E-state index contributed by atoms with van der Waals surface area (Å²) in [6.07, 6.45) is 1.67. The monoisotopic (exact) mass is 416 g/mol. The fraction of sp³-hybridized carbons (Fsp3) is 0.231. The van der Waals surface area contributed by atoms with E-state index in [0.29, 0.717) is 0 Å². The van der Waals surface area contributed by atoms with Crippen LogP contribution in [0, 0.1) is 0 Å². The Hall–Kier alpha value is -2.17. The molecule has 0 radical (unpaired) electrons. The van der Waals surface area contributed by atoms with Crippen LogP contribution in [0.3, 0.4) is 0 Å². The highest BCUT2D eigenvalue weighted by Crippen LogP contribution is 2.12. The molecule has 0 saturated heterocycles. The van der Waals surface area contributed by atoms with E-state index in [2.05, 4.69) is 15.6 Å². The number of methoxy groups -OCH3 is 1. The minimum absolute atomic E-state index is 0.106.